The summed E-state index contributed by atoms with van der Waals surface area (Å²) >= 11 is 0. The summed E-state index contributed by atoms with van der Waals surface area (Å²) in [4.78, 5) is 2.22. The molecule has 1 aromatic rings. The van der Waals surface area contributed by atoms with Crippen molar-refractivity contribution in [3.63, 3.8) is 0 Å². The zero-order chi connectivity index (χ0) is 13.1. The van der Waals surface area contributed by atoms with E-state index >= 15 is 0 Å². The van der Waals surface area contributed by atoms with Gasteiger partial charge in [-0.3, -0.25) is 4.90 Å². The molecule has 0 fully saturated rings. The van der Waals surface area contributed by atoms with Gasteiger partial charge in [-0.1, -0.05) is 31.2 Å². The summed E-state index contributed by atoms with van der Waals surface area (Å²) in [5.74, 6) is 0.000798. The van der Waals surface area contributed by atoms with Crippen molar-refractivity contribution >= 4 is 0 Å². The van der Waals surface area contributed by atoms with Gasteiger partial charge in [0.05, 0.1) is 18.1 Å². The SMILES string of the molecule is CCN(CC(C)C#N)C1Cc2ccccc2C1O. The van der Waals surface area contributed by atoms with Crippen molar-refractivity contribution in [2.75, 3.05) is 13.1 Å². The molecule has 96 valence electrons. The van der Waals surface area contributed by atoms with Crippen molar-refractivity contribution in [2.45, 2.75) is 32.4 Å². The van der Waals surface area contributed by atoms with E-state index in [9.17, 15) is 5.11 Å². The molecule has 0 heterocycles. The third-order valence-corrected chi connectivity index (χ3v) is 3.77. The Balaban J connectivity index is 2.14. The third kappa shape index (κ3) is 2.40. The normalized spacial score (nSPS) is 23.7. The second-order valence-corrected chi connectivity index (χ2v) is 5.03. The number of aliphatic hydroxyl groups excluding tert-OH is 1. The van der Waals surface area contributed by atoms with Gasteiger partial charge in [0.1, 0.15) is 0 Å². The number of likely N-dealkylation sites (N-methyl/N-ethyl adjacent to an activating group) is 1. The van der Waals surface area contributed by atoms with Gasteiger partial charge in [-0.15, -0.1) is 0 Å². The van der Waals surface area contributed by atoms with Crippen LogP contribution in [-0.4, -0.2) is 29.1 Å². The van der Waals surface area contributed by atoms with Crippen LogP contribution in [0.4, 0.5) is 0 Å². The highest BCUT2D eigenvalue weighted by molar-refractivity contribution is 5.35. The Bertz CT molecular complexity index is 452. The van der Waals surface area contributed by atoms with E-state index in [0.717, 1.165) is 25.1 Å². The number of nitriles is 1. The van der Waals surface area contributed by atoms with Gasteiger partial charge in [0.15, 0.2) is 0 Å². The Morgan fingerprint density at radius 1 is 1.50 bits per heavy atom. The van der Waals surface area contributed by atoms with E-state index in [4.69, 9.17) is 5.26 Å². The van der Waals surface area contributed by atoms with Crippen molar-refractivity contribution in [1.29, 1.82) is 5.26 Å². The van der Waals surface area contributed by atoms with Gasteiger partial charge in [-0.2, -0.15) is 5.26 Å². The van der Waals surface area contributed by atoms with Crippen LogP contribution in [0.1, 0.15) is 31.1 Å². The van der Waals surface area contributed by atoms with E-state index in [2.05, 4.69) is 24.0 Å². The standard InChI is InChI=1S/C15H20N2O/c1-3-17(10-11(2)9-16)14-8-12-6-4-5-7-13(12)15(14)18/h4-7,11,14-15,18H,3,8,10H2,1-2H3. The highest BCUT2D eigenvalue weighted by atomic mass is 16.3. The predicted octanol–water partition coefficient (Wildman–Crippen LogP) is 2.13. The van der Waals surface area contributed by atoms with Crippen molar-refractivity contribution < 1.29 is 5.11 Å². The summed E-state index contributed by atoms with van der Waals surface area (Å²) in [5, 5.41) is 19.3. The molecule has 0 saturated carbocycles. The first-order valence-electron chi connectivity index (χ1n) is 6.57. The molecular weight excluding hydrogens is 224 g/mol. The van der Waals surface area contributed by atoms with E-state index in [-0.39, 0.29) is 12.0 Å². The number of aliphatic hydroxyl groups is 1. The number of fused-ring (bicyclic) bond motifs is 1. The van der Waals surface area contributed by atoms with Gasteiger partial charge in [0, 0.05) is 12.6 Å². The molecular formula is C15H20N2O. The summed E-state index contributed by atoms with van der Waals surface area (Å²) < 4.78 is 0. The van der Waals surface area contributed by atoms with Gasteiger partial charge in [-0.25, -0.2) is 0 Å². The largest absolute Gasteiger partial charge is 0.387 e. The Morgan fingerprint density at radius 3 is 2.83 bits per heavy atom. The maximum Gasteiger partial charge on any atom is 0.0951 e. The summed E-state index contributed by atoms with van der Waals surface area (Å²) in [5.41, 5.74) is 2.28. The first kappa shape index (κ1) is 13.1. The lowest BCUT2D eigenvalue weighted by Gasteiger charge is -2.30. The van der Waals surface area contributed by atoms with Crippen molar-refractivity contribution in [3.8, 4) is 6.07 Å². The number of benzene rings is 1. The zero-order valence-corrected chi connectivity index (χ0v) is 11.0. The van der Waals surface area contributed by atoms with Gasteiger partial charge in [-0.05, 0) is 31.0 Å². The van der Waals surface area contributed by atoms with E-state index in [1.807, 2.05) is 25.1 Å². The number of hydrogen-bond acceptors (Lipinski definition) is 3. The summed E-state index contributed by atoms with van der Waals surface area (Å²) in [7, 11) is 0. The number of hydrogen-bond donors (Lipinski definition) is 1. The smallest absolute Gasteiger partial charge is 0.0951 e. The lowest BCUT2D eigenvalue weighted by Crippen LogP contribution is -2.40. The molecule has 2 rings (SSSR count). The molecule has 0 amide bonds. The first-order valence-corrected chi connectivity index (χ1v) is 6.57. The number of nitrogens with zero attached hydrogens (tertiary/aromatic N) is 2. The maximum absolute atomic E-state index is 10.4. The topological polar surface area (TPSA) is 47.3 Å². The van der Waals surface area contributed by atoms with E-state index in [1.54, 1.807) is 0 Å². The molecule has 1 N–H and O–H groups in total. The van der Waals surface area contributed by atoms with Crippen LogP contribution >= 0.6 is 0 Å². The molecule has 0 radical (unpaired) electrons. The summed E-state index contributed by atoms with van der Waals surface area (Å²) in [6.07, 6.45) is 0.454. The molecule has 3 atom stereocenters. The molecule has 1 aliphatic carbocycles. The van der Waals surface area contributed by atoms with Crippen LogP contribution in [0.15, 0.2) is 24.3 Å². The van der Waals surface area contributed by atoms with Crippen LogP contribution in [-0.2, 0) is 6.42 Å². The van der Waals surface area contributed by atoms with Gasteiger partial charge >= 0.3 is 0 Å². The van der Waals surface area contributed by atoms with Crippen LogP contribution in [0, 0.1) is 17.2 Å². The Hall–Kier alpha value is -1.37. The Kier molecular flexibility index (Phi) is 4.00. The molecule has 0 spiro atoms. The molecule has 1 aliphatic rings. The monoisotopic (exact) mass is 244 g/mol. The molecule has 3 nitrogen and oxygen atoms in total. The number of rotatable bonds is 4. The third-order valence-electron chi connectivity index (χ3n) is 3.77. The maximum atomic E-state index is 10.4. The fraction of sp³-hybridized carbons (Fsp3) is 0.533. The average Bonchev–Trinajstić information content (AvgIpc) is 2.73. The predicted molar refractivity (Wildman–Crippen MR) is 70.9 cm³/mol. The molecule has 3 unspecified atom stereocenters. The minimum absolute atomic E-state index is 0.000798. The van der Waals surface area contributed by atoms with E-state index < -0.39 is 6.10 Å². The van der Waals surface area contributed by atoms with Gasteiger partial charge in [0.25, 0.3) is 0 Å². The highest BCUT2D eigenvalue weighted by Crippen LogP contribution is 2.34. The van der Waals surface area contributed by atoms with E-state index in [1.165, 1.54) is 5.56 Å². The minimum Gasteiger partial charge on any atom is -0.387 e. The molecule has 18 heavy (non-hydrogen) atoms. The summed E-state index contributed by atoms with van der Waals surface area (Å²) in [6.45, 7) is 5.60. The van der Waals surface area contributed by atoms with Crippen LogP contribution in [0.2, 0.25) is 0 Å². The fourth-order valence-corrected chi connectivity index (χ4v) is 2.77. The fourth-order valence-electron chi connectivity index (χ4n) is 2.77. The lowest BCUT2D eigenvalue weighted by atomic mass is 10.1. The molecule has 0 aromatic heterocycles. The minimum atomic E-state index is -0.424. The van der Waals surface area contributed by atoms with Crippen LogP contribution in [0.3, 0.4) is 0 Å². The zero-order valence-electron chi connectivity index (χ0n) is 11.0. The average molecular weight is 244 g/mol. The first-order chi connectivity index (χ1) is 8.67. The molecule has 0 saturated heterocycles. The Morgan fingerprint density at radius 2 is 2.22 bits per heavy atom. The molecule has 0 aliphatic heterocycles. The summed E-state index contributed by atoms with van der Waals surface area (Å²) in [6, 6.07) is 10.5. The quantitative estimate of drug-likeness (QED) is 0.882. The lowest BCUT2D eigenvalue weighted by molar-refractivity contribution is 0.0594. The van der Waals surface area contributed by atoms with Crippen molar-refractivity contribution in [3.05, 3.63) is 35.4 Å². The molecule has 0 bridgehead atoms. The van der Waals surface area contributed by atoms with Crippen molar-refractivity contribution in [2.24, 2.45) is 5.92 Å². The second kappa shape index (κ2) is 5.51. The van der Waals surface area contributed by atoms with E-state index in [0.29, 0.717) is 0 Å². The highest BCUT2D eigenvalue weighted by Gasteiger charge is 2.34. The second-order valence-electron chi connectivity index (χ2n) is 5.03. The van der Waals surface area contributed by atoms with Crippen LogP contribution in [0.25, 0.3) is 0 Å². The van der Waals surface area contributed by atoms with Crippen LogP contribution in [0.5, 0.6) is 0 Å². The molecule has 3 heteroatoms. The van der Waals surface area contributed by atoms with Crippen LogP contribution < -0.4 is 0 Å². The Labute approximate surface area is 109 Å². The molecule has 1 aromatic carbocycles. The van der Waals surface area contributed by atoms with Crippen molar-refractivity contribution in [1.82, 2.24) is 4.90 Å². The van der Waals surface area contributed by atoms with Gasteiger partial charge in [0.2, 0.25) is 0 Å². The van der Waals surface area contributed by atoms with Gasteiger partial charge < -0.3 is 5.11 Å².